The minimum Gasteiger partial charge on any atom is -0.399 e. The number of nitrogen functional groups attached to an aromatic ring is 1. The van der Waals surface area contributed by atoms with Gasteiger partial charge in [-0.2, -0.15) is 13.2 Å². The summed E-state index contributed by atoms with van der Waals surface area (Å²) in [6, 6.07) is 10.4. The number of aryl methyl sites for hydroxylation is 1. The van der Waals surface area contributed by atoms with Gasteiger partial charge in [0.05, 0.1) is 5.56 Å². The van der Waals surface area contributed by atoms with E-state index in [1.165, 1.54) is 12.1 Å². The van der Waals surface area contributed by atoms with Crippen LogP contribution in [-0.4, -0.2) is 17.4 Å². The number of nitrogens with two attached hydrogens (primary N) is 1. The minimum atomic E-state index is -4.39. The second-order valence-corrected chi connectivity index (χ2v) is 6.16. The van der Waals surface area contributed by atoms with Crippen LogP contribution in [0, 0.1) is 6.92 Å². The quantitative estimate of drug-likeness (QED) is 0.663. The highest BCUT2D eigenvalue weighted by Gasteiger charge is 2.31. The number of alkyl halides is 3. The van der Waals surface area contributed by atoms with Gasteiger partial charge in [0, 0.05) is 30.3 Å². The largest absolute Gasteiger partial charge is 0.416 e. The van der Waals surface area contributed by atoms with Crippen molar-refractivity contribution in [3.63, 3.8) is 0 Å². The summed E-state index contributed by atoms with van der Waals surface area (Å²) < 4.78 is 38.1. The second kappa shape index (κ2) is 6.74. The second-order valence-electron chi connectivity index (χ2n) is 6.16. The lowest BCUT2D eigenvalue weighted by atomic mass is 10.1. The van der Waals surface area contributed by atoms with Gasteiger partial charge in [-0.3, -0.25) is 4.79 Å². The highest BCUT2D eigenvalue weighted by Crippen LogP contribution is 2.32. The van der Waals surface area contributed by atoms with Crippen LogP contribution in [0.15, 0.2) is 54.9 Å². The highest BCUT2D eigenvalue weighted by atomic mass is 19.4. The third-order valence-electron chi connectivity index (χ3n) is 4.36. The average Bonchev–Trinajstić information content (AvgIpc) is 3.00. The number of rotatable bonds is 4. The maximum absolute atomic E-state index is 12.7. The molecule has 0 saturated carbocycles. The fraction of sp³-hybridized carbons (Fsp3) is 0.211. The van der Waals surface area contributed by atoms with Crippen LogP contribution in [0.4, 0.5) is 24.5 Å². The van der Waals surface area contributed by atoms with Crippen LogP contribution in [0.5, 0.6) is 0 Å². The number of carbonyl (C=O) groups is 1. The van der Waals surface area contributed by atoms with Crippen LogP contribution in [0.2, 0.25) is 0 Å². The zero-order valence-electron chi connectivity index (χ0n) is 14.1. The Labute approximate surface area is 149 Å². The Morgan fingerprint density at radius 3 is 2.38 bits per heavy atom. The molecule has 1 unspecified atom stereocenters. The van der Waals surface area contributed by atoms with Gasteiger partial charge < -0.3 is 15.5 Å². The Hall–Kier alpha value is -2.96. The molecule has 1 aliphatic heterocycles. The minimum absolute atomic E-state index is 0.484. The topological polar surface area (TPSA) is 49.6 Å². The number of hydrogen-bond acceptors (Lipinski definition) is 4. The molecule has 0 aromatic heterocycles. The van der Waals surface area contributed by atoms with Gasteiger partial charge in [0.1, 0.15) is 0 Å². The molecule has 0 radical (unpaired) electrons. The molecule has 136 valence electrons. The summed E-state index contributed by atoms with van der Waals surface area (Å²) in [6.07, 6.45) is -0.803. The first kappa shape index (κ1) is 17.8. The molecular formula is C19H18F3N3O. The van der Waals surface area contributed by atoms with Crippen LogP contribution in [0.25, 0.3) is 0 Å². The summed E-state index contributed by atoms with van der Waals surface area (Å²) in [5, 5.41) is 0. The molecular weight excluding hydrogens is 343 g/mol. The monoisotopic (exact) mass is 361 g/mol. The lowest BCUT2D eigenvalue weighted by Crippen LogP contribution is -2.39. The Morgan fingerprint density at radius 2 is 1.81 bits per heavy atom. The van der Waals surface area contributed by atoms with E-state index in [1.807, 2.05) is 30.0 Å². The number of carbonyl (C=O) groups excluding carboxylic acids is 1. The number of aldehydes is 1. The number of anilines is 2. The first-order valence-electron chi connectivity index (χ1n) is 7.99. The van der Waals surface area contributed by atoms with E-state index in [0.29, 0.717) is 17.9 Å². The Bertz CT molecular complexity index is 831. The van der Waals surface area contributed by atoms with Gasteiger partial charge in [-0.15, -0.1) is 0 Å². The van der Waals surface area contributed by atoms with E-state index in [1.54, 1.807) is 17.3 Å². The summed E-state index contributed by atoms with van der Waals surface area (Å²) in [7, 11) is 0. The van der Waals surface area contributed by atoms with E-state index in [2.05, 4.69) is 0 Å². The van der Waals surface area contributed by atoms with E-state index in [9.17, 15) is 18.0 Å². The van der Waals surface area contributed by atoms with E-state index >= 15 is 0 Å². The van der Waals surface area contributed by atoms with E-state index in [0.717, 1.165) is 29.5 Å². The molecule has 0 bridgehead atoms. The summed E-state index contributed by atoms with van der Waals surface area (Å²) in [6.45, 7) is 2.39. The maximum Gasteiger partial charge on any atom is 0.416 e. The molecule has 1 heterocycles. The molecule has 2 N–H and O–H groups in total. The van der Waals surface area contributed by atoms with Crippen LogP contribution in [-0.2, 0) is 17.5 Å². The van der Waals surface area contributed by atoms with Crippen molar-refractivity contribution in [1.82, 2.24) is 4.90 Å². The lowest BCUT2D eigenvalue weighted by Gasteiger charge is -2.29. The lowest BCUT2D eigenvalue weighted by molar-refractivity contribution is -0.137. The molecule has 2 aromatic rings. The fourth-order valence-electron chi connectivity index (χ4n) is 2.89. The molecule has 4 nitrogen and oxygen atoms in total. The molecule has 0 amide bonds. The molecule has 1 atom stereocenters. The first-order chi connectivity index (χ1) is 12.3. The number of benzene rings is 2. The number of hydrogen-bond donors (Lipinski definition) is 1. The van der Waals surface area contributed by atoms with Crippen molar-refractivity contribution in [2.45, 2.75) is 25.8 Å². The molecule has 7 heteroatoms. The van der Waals surface area contributed by atoms with E-state index < -0.39 is 17.9 Å². The smallest absolute Gasteiger partial charge is 0.399 e. The SMILES string of the molecule is Cc1cc(CN2C=CN(c3ccc(C(F)(F)F)cc3)C2C=O)ccc1N. The van der Waals surface area contributed by atoms with E-state index in [4.69, 9.17) is 5.73 Å². The molecule has 0 saturated heterocycles. The maximum atomic E-state index is 12.7. The third kappa shape index (κ3) is 3.51. The normalized spacial score (nSPS) is 17.0. The van der Waals surface area contributed by atoms with E-state index in [-0.39, 0.29) is 0 Å². The summed E-state index contributed by atoms with van der Waals surface area (Å²) in [4.78, 5) is 15.1. The molecule has 0 aliphatic carbocycles. The average molecular weight is 361 g/mol. The Kier molecular flexibility index (Phi) is 4.63. The standard InChI is InChI=1S/C19H18F3N3O/c1-13-10-14(2-7-17(13)23)11-24-8-9-25(18(24)12-26)16-5-3-15(4-6-16)19(20,21)22/h2-10,12,18H,11,23H2,1H3. The van der Waals surface area contributed by atoms with Gasteiger partial charge in [-0.1, -0.05) is 12.1 Å². The van der Waals surface area contributed by atoms with Crippen molar-refractivity contribution in [2.75, 3.05) is 10.6 Å². The van der Waals surface area contributed by atoms with Crippen molar-refractivity contribution >= 4 is 17.7 Å². The van der Waals surface area contributed by atoms with Gasteiger partial charge in [0.2, 0.25) is 0 Å². The van der Waals surface area contributed by atoms with Crippen molar-refractivity contribution in [2.24, 2.45) is 0 Å². The molecule has 3 rings (SSSR count). The molecule has 0 fully saturated rings. The zero-order valence-corrected chi connectivity index (χ0v) is 14.1. The summed E-state index contributed by atoms with van der Waals surface area (Å²) in [5.41, 5.74) is 8.25. The third-order valence-corrected chi connectivity index (χ3v) is 4.36. The molecule has 0 spiro atoms. The van der Waals surface area contributed by atoms with Gasteiger partial charge in [0.25, 0.3) is 0 Å². The molecule has 1 aliphatic rings. The molecule has 26 heavy (non-hydrogen) atoms. The molecule has 2 aromatic carbocycles. The Balaban J connectivity index is 1.78. The van der Waals surface area contributed by atoms with Crippen LogP contribution in [0.3, 0.4) is 0 Å². The van der Waals surface area contributed by atoms with Crippen molar-refractivity contribution in [1.29, 1.82) is 0 Å². The Morgan fingerprint density at radius 1 is 1.12 bits per heavy atom. The summed E-state index contributed by atoms with van der Waals surface area (Å²) in [5.74, 6) is 0. The van der Waals surface area contributed by atoms with Crippen molar-refractivity contribution < 1.29 is 18.0 Å². The van der Waals surface area contributed by atoms with Gasteiger partial charge in [-0.05, 0) is 48.4 Å². The van der Waals surface area contributed by atoms with Crippen LogP contribution in [0.1, 0.15) is 16.7 Å². The van der Waals surface area contributed by atoms with Gasteiger partial charge in [-0.25, -0.2) is 0 Å². The fourth-order valence-corrected chi connectivity index (χ4v) is 2.89. The zero-order chi connectivity index (χ0) is 18.9. The van der Waals surface area contributed by atoms with Crippen molar-refractivity contribution in [3.05, 3.63) is 71.6 Å². The number of nitrogens with zero attached hydrogens (tertiary/aromatic N) is 2. The van der Waals surface area contributed by atoms with Crippen LogP contribution < -0.4 is 10.6 Å². The van der Waals surface area contributed by atoms with Crippen LogP contribution >= 0.6 is 0 Å². The highest BCUT2D eigenvalue weighted by molar-refractivity contribution is 5.69. The van der Waals surface area contributed by atoms with Gasteiger partial charge in [0.15, 0.2) is 12.5 Å². The first-order valence-corrected chi connectivity index (χ1v) is 7.99. The van der Waals surface area contributed by atoms with Gasteiger partial charge >= 0.3 is 6.18 Å². The van der Waals surface area contributed by atoms with Crippen molar-refractivity contribution in [3.8, 4) is 0 Å². The summed E-state index contributed by atoms with van der Waals surface area (Å²) >= 11 is 0. The predicted octanol–water partition coefficient (Wildman–Crippen LogP) is 3.91. The predicted molar refractivity (Wildman–Crippen MR) is 94.0 cm³/mol. The number of halogens is 3.